The lowest BCUT2D eigenvalue weighted by atomic mass is 9.66. The molecule has 0 unspecified atom stereocenters. The molecule has 1 aliphatic carbocycles. The van der Waals surface area contributed by atoms with Crippen molar-refractivity contribution in [3.8, 4) is 0 Å². The largest absolute Gasteiger partial charge is 0.294 e. The second-order valence-corrected chi connectivity index (χ2v) is 7.58. The molecule has 2 aromatic carbocycles. The van der Waals surface area contributed by atoms with Gasteiger partial charge >= 0.3 is 0 Å². The fourth-order valence-electron chi connectivity index (χ4n) is 4.07. The summed E-state index contributed by atoms with van der Waals surface area (Å²) in [5.74, 6) is 0.763. The van der Waals surface area contributed by atoms with Crippen LogP contribution in [0.3, 0.4) is 0 Å². The Hall–Kier alpha value is -2.41. The van der Waals surface area contributed by atoms with Gasteiger partial charge in [-0.2, -0.15) is 0 Å². The minimum atomic E-state index is -0.0135. The zero-order valence-electron chi connectivity index (χ0n) is 16.0. The third-order valence-corrected chi connectivity index (χ3v) is 5.51. The lowest BCUT2D eigenvalue weighted by molar-refractivity contribution is 0.0850. The second kappa shape index (κ2) is 8.31. The van der Waals surface area contributed by atoms with Crippen molar-refractivity contribution >= 4 is 5.78 Å². The number of hydrogen-bond acceptors (Lipinski definition) is 1. The van der Waals surface area contributed by atoms with E-state index in [0.717, 1.165) is 18.4 Å². The standard InChI is InChI=1S/C25H28O/c1-18(2)14-16-22-19(3)15-17-23(20-10-6-4-7-11-20)24(22)25(26)21-12-8-5-9-13-21/h4-15,22-24H,16-17H2,1-3H3/t22-,23+,24-/m1/s1. The van der Waals surface area contributed by atoms with Crippen LogP contribution < -0.4 is 0 Å². The van der Waals surface area contributed by atoms with Crippen LogP contribution in [-0.2, 0) is 0 Å². The number of hydrogen-bond donors (Lipinski definition) is 0. The van der Waals surface area contributed by atoms with Crippen LogP contribution in [0.5, 0.6) is 0 Å². The molecular formula is C25H28O. The van der Waals surface area contributed by atoms with Crippen molar-refractivity contribution in [3.05, 3.63) is 95.1 Å². The van der Waals surface area contributed by atoms with Crippen LogP contribution in [0.25, 0.3) is 0 Å². The normalized spacial score (nSPS) is 22.4. The second-order valence-electron chi connectivity index (χ2n) is 7.58. The van der Waals surface area contributed by atoms with E-state index in [4.69, 9.17) is 0 Å². The van der Waals surface area contributed by atoms with Crippen molar-refractivity contribution in [1.82, 2.24) is 0 Å². The molecule has 0 heterocycles. The van der Waals surface area contributed by atoms with Crippen LogP contribution in [0.4, 0.5) is 0 Å². The van der Waals surface area contributed by atoms with Gasteiger partial charge in [0.2, 0.25) is 0 Å². The highest BCUT2D eigenvalue weighted by molar-refractivity contribution is 5.99. The average Bonchev–Trinajstić information content (AvgIpc) is 2.67. The van der Waals surface area contributed by atoms with Gasteiger partial charge in [-0.15, -0.1) is 0 Å². The Labute approximate surface area is 157 Å². The van der Waals surface area contributed by atoms with Crippen molar-refractivity contribution in [3.63, 3.8) is 0 Å². The predicted molar refractivity (Wildman–Crippen MR) is 109 cm³/mol. The highest BCUT2D eigenvalue weighted by atomic mass is 16.1. The summed E-state index contributed by atoms with van der Waals surface area (Å²) in [6, 6.07) is 20.3. The molecule has 0 radical (unpaired) electrons. The molecule has 0 spiro atoms. The lowest BCUT2D eigenvalue weighted by Gasteiger charge is -2.37. The van der Waals surface area contributed by atoms with E-state index in [0.29, 0.717) is 0 Å². The summed E-state index contributed by atoms with van der Waals surface area (Å²) in [6.45, 7) is 6.45. The minimum Gasteiger partial charge on any atom is -0.294 e. The molecular weight excluding hydrogens is 316 g/mol. The van der Waals surface area contributed by atoms with Crippen molar-refractivity contribution in [1.29, 1.82) is 0 Å². The highest BCUT2D eigenvalue weighted by Crippen LogP contribution is 2.44. The van der Waals surface area contributed by atoms with E-state index in [9.17, 15) is 4.79 Å². The maximum atomic E-state index is 13.5. The van der Waals surface area contributed by atoms with Gasteiger partial charge in [-0.1, -0.05) is 84.0 Å². The number of carbonyl (C=O) groups excluding carboxylic acids is 1. The van der Waals surface area contributed by atoms with Gasteiger partial charge in [0, 0.05) is 11.5 Å². The van der Waals surface area contributed by atoms with E-state index in [1.807, 2.05) is 36.4 Å². The third kappa shape index (κ3) is 4.04. The Kier molecular flexibility index (Phi) is 5.88. The molecule has 0 amide bonds. The smallest absolute Gasteiger partial charge is 0.167 e. The number of rotatable bonds is 5. The summed E-state index contributed by atoms with van der Waals surface area (Å²) in [5, 5.41) is 0. The molecule has 1 nitrogen and oxygen atoms in total. The molecule has 0 fully saturated rings. The van der Waals surface area contributed by atoms with Gasteiger partial charge in [0.25, 0.3) is 0 Å². The molecule has 0 aliphatic heterocycles. The number of Topliss-reactive ketones (excluding diaryl/α,β-unsaturated/α-hetero) is 1. The summed E-state index contributed by atoms with van der Waals surface area (Å²) in [5.41, 5.74) is 4.76. The van der Waals surface area contributed by atoms with Crippen LogP contribution in [0.2, 0.25) is 0 Å². The Bertz CT molecular complexity index is 795. The molecule has 134 valence electrons. The molecule has 3 atom stereocenters. The van der Waals surface area contributed by atoms with Gasteiger partial charge in [0.05, 0.1) is 0 Å². The Morgan fingerprint density at radius 3 is 2.23 bits per heavy atom. The first-order chi connectivity index (χ1) is 12.6. The van der Waals surface area contributed by atoms with E-state index in [1.54, 1.807) is 0 Å². The van der Waals surface area contributed by atoms with Gasteiger partial charge in [0.15, 0.2) is 5.78 Å². The first kappa shape index (κ1) is 18.4. The van der Waals surface area contributed by atoms with Crippen LogP contribution in [0.15, 0.2) is 84.0 Å². The molecule has 1 heteroatoms. The molecule has 0 bridgehead atoms. The van der Waals surface area contributed by atoms with Crippen LogP contribution in [0, 0.1) is 11.8 Å². The fraction of sp³-hybridized carbons (Fsp3) is 0.320. The monoisotopic (exact) mass is 344 g/mol. The van der Waals surface area contributed by atoms with E-state index >= 15 is 0 Å². The number of benzene rings is 2. The zero-order valence-corrected chi connectivity index (χ0v) is 16.0. The number of allylic oxidation sites excluding steroid dienone is 4. The van der Waals surface area contributed by atoms with E-state index in [1.165, 1.54) is 16.7 Å². The SMILES string of the molecule is CC(C)=CC[C@@H]1C(C)=CC[C@@H](c2ccccc2)[C@@H]1C(=O)c1ccccc1. The highest BCUT2D eigenvalue weighted by Gasteiger charge is 2.38. The molecule has 0 aromatic heterocycles. The maximum absolute atomic E-state index is 13.5. The molecule has 26 heavy (non-hydrogen) atoms. The van der Waals surface area contributed by atoms with Gasteiger partial charge in [-0.3, -0.25) is 4.79 Å². The first-order valence-corrected chi connectivity index (χ1v) is 9.52. The summed E-state index contributed by atoms with van der Waals surface area (Å²) >= 11 is 0. The molecule has 2 aromatic rings. The quantitative estimate of drug-likeness (QED) is 0.441. The molecule has 0 N–H and O–H groups in total. The summed E-state index contributed by atoms with van der Waals surface area (Å²) in [4.78, 5) is 13.5. The topological polar surface area (TPSA) is 17.1 Å². The Morgan fingerprint density at radius 2 is 1.62 bits per heavy atom. The zero-order chi connectivity index (χ0) is 18.5. The minimum absolute atomic E-state index is 0.0135. The van der Waals surface area contributed by atoms with Crippen molar-refractivity contribution < 1.29 is 4.79 Å². The summed E-state index contributed by atoms with van der Waals surface area (Å²) in [7, 11) is 0. The third-order valence-electron chi connectivity index (χ3n) is 5.51. The predicted octanol–water partition coefficient (Wildman–Crippen LogP) is 6.59. The van der Waals surface area contributed by atoms with Crippen molar-refractivity contribution in [2.24, 2.45) is 11.8 Å². The van der Waals surface area contributed by atoms with Gasteiger partial charge in [-0.05, 0) is 51.0 Å². The van der Waals surface area contributed by atoms with E-state index in [2.05, 4.69) is 57.2 Å². The summed E-state index contributed by atoms with van der Waals surface area (Å²) < 4.78 is 0. The molecule has 0 saturated carbocycles. The van der Waals surface area contributed by atoms with Gasteiger partial charge in [0.1, 0.15) is 0 Å². The number of carbonyl (C=O) groups is 1. The molecule has 1 aliphatic rings. The van der Waals surface area contributed by atoms with Crippen LogP contribution in [-0.4, -0.2) is 5.78 Å². The van der Waals surface area contributed by atoms with Gasteiger partial charge < -0.3 is 0 Å². The van der Waals surface area contributed by atoms with Crippen molar-refractivity contribution in [2.45, 2.75) is 39.5 Å². The number of ketones is 1. The van der Waals surface area contributed by atoms with Crippen molar-refractivity contribution in [2.75, 3.05) is 0 Å². The first-order valence-electron chi connectivity index (χ1n) is 9.52. The molecule has 3 rings (SSSR count). The lowest BCUT2D eigenvalue weighted by Crippen LogP contribution is -2.33. The van der Waals surface area contributed by atoms with Crippen LogP contribution in [0.1, 0.15) is 55.5 Å². The van der Waals surface area contributed by atoms with E-state index in [-0.39, 0.29) is 23.5 Å². The Morgan fingerprint density at radius 1 is 1.00 bits per heavy atom. The summed E-state index contributed by atoms with van der Waals surface area (Å²) in [6.07, 6.45) is 6.48. The molecule has 0 saturated heterocycles. The van der Waals surface area contributed by atoms with E-state index < -0.39 is 0 Å². The fourth-order valence-corrected chi connectivity index (χ4v) is 4.07. The average molecular weight is 344 g/mol. The Balaban J connectivity index is 2.03. The maximum Gasteiger partial charge on any atom is 0.167 e. The van der Waals surface area contributed by atoms with Crippen LogP contribution >= 0.6 is 0 Å². The van der Waals surface area contributed by atoms with Gasteiger partial charge in [-0.25, -0.2) is 0 Å².